The van der Waals surface area contributed by atoms with Crippen LogP contribution < -0.4 is 10.6 Å². The van der Waals surface area contributed by atoms with Gasteiger partial charge in [0.1, 0.15) is 12.1 Å². The minimum absolute atomic E-state index is 0.373. The topological polar surface area (TPSA) is 78.5 Å². The first kappa shape index (κ1) is 19.9. The van der Waals surface area contributed by atoms with Crippen LogP contribution in [0.5, 0.6) is 0 Å². The number of urea groups is 1. The number of aryl methyl sites for hydroxylation is 2. The van der Waals surface area contributed by atoms with Gasteiger partial charge in [-0.15, -0.1) is 0 Å². The second-order valence-electron chi connectivity index (χ2n) is 6.94. The molecule has 2 N–H and O–H groups in total. The molecule has 0 aromatic heterocycles. The van der Waals surface area contributed by atoms with E-state index in [1.165, 1.54) is 0 Å². The highest BCUT2D eigenvalue weighted by Gasteiger charge is 2.50. The molecule has 0 spiro atoms. The van der Waals surface area contributed by atoms with Gasteiger partial charge in [-0.25, -0.2) is 4.79 Å². The third kappa shape index (κ3) is 3.47. The maximum atomic E-state index is 13.0. The number of hydrogen-bond donors (Lipinski definition) is 2. The van der Waals surface area contributed by atoms with Crippen molar-refractivity contribution in [1.82, 2.24) is 10.2 Å². The van der Waals surface area contributed by atoms with Crippen molar-refractivity contribution in [2.75, 3.05) is 11.9 Å². The van der Waals surface area contributed by atoms with E-state index in [9.17, 15) is 14.4 Å². The van der Waals surface area contributed by atoms with Gasteiger partial charge in [-0.1, -0.05) is 54.9 Å². The lowest BCUT2D eigenvalue weighted by Gasteiger charge is -2.23. The molecule has 0 unspecified atom stereocenters. The van der Waals surface area contributed by atoms with Crippen LogP contribution in [0.3, 0.4) is 0 Å². The molecule has 1 saturated heterocycles. The summed E-state index contributed by atoms with van der Waals surface area (Å²) in [6.45, 7) is 5.11. The van der Waals surface area contributed by atoms with Crippen LogP contribution in [0, 0.1) is 6.92 Å². The lowest BCUT2D eigenvalue weighted by Crippen LogP contribution is -2.42. The molecule has 1 atom stereocenters. The third-order valence-corrected chi connectivity index (χ3v) is 5.32. The summed E-state index contributed by atoms with van der Waals surface area (Å²) in [5.41, 5.74) is 1.81. The summed E-state index contributed by atoms with van der Waals surface area (Å²) >= 11 is 6.22. The predicted molar refractivity (Wildman–Crippen MR) is 108 cm³/mol. The molecule has 0 saturated carbocycles. The number of para-hydroxylation sites is 1. The monoisotopic (exact) mass is 399 g/mol. The highest BCUT2D eigenvalue weighted by Crippen LogP contribution is 2.33. The normalized spacial score (nSPS) is 18.9. The number of amides is 4. The van der Waals surface area contributed by atoms with Gasteiger partial charge in [-0.3, -0.25) is 14.5 Å². The molecule has 2 aromatic carbocycles. The molecule has 0 bridgehead atoms. The first-order valence-corrected chi connectivity index (χ1v) is 9.43. The maximum Gasteiger partial charge on any atom is 0.325 e. The quantitative estimate of drug-likeness (QED) is 0.754. The van der Waals surface area contributed by atoms with Gasteiger partial charge in [-0.05, 0) is 37.5 Å². The summed E-state index contributed by atoms with van der Waals surface area (Å²) in [7, 11) is 0. The van der Waals surface area contributed by atoms with Crippen LogP contribution in [-0.4, -0.2) is 29.3 Å². The average molecular weight is 400 g/mol. The second kappa shape index (κ2) is 7.64. The van der Waals surface area contributed by atoms with E-state index >= 15 is 0 Å². The molecule has 146 valence electrons. The molecule has 0 radical (unpaired) electrons. The zero-order valence-electron chi connectivity index (χ0n) is 16.0. The number of hydrogen-bond acceptors (Lipinski definition) is 3. The van der Waals surface area contributed by atoms with Gasteiger partial charge in [0.15, 0.2) is 0 Å². The SMILES string of the molecule is CCc1cccc(C)c1NC(=O)CN1C(=O)N[C@@](C)(c2ccccc2Cl)C1=O. The number of nitrogens with one attached hydrogen (secondary N) is 2. The Labute approximate surface area is 168 Å². The van der Waals surface area contributed by atoms with Gasteiger partial charge in [-0.2, -0.15) is 0 Å². The van der Waals surface area contributed by atoms with Crippen molar-refractivity contribution in [3.8, 4) is 0 Å². The van der Waals surface area contributed by atoms with E-state index in [2.05, 4.69) is 10.6 Å². The fourth-order valence-electron chi connectivity index (χ4n) is 3.41. The molecule has 3 rings (SSSR count). The average Bonchev–Trinajstić information content (AvgIpc) is 2.87. The van der Waals surface area contributed by atoms with Crippen molar-refractivity contribution in [3.05, 3.63) is 64.2 Å². The fraction of sp³-hybridized carbons (Fsp3) is 0.286. The minimum Gasteiger partial charge on any atom is -0.324 e. The molecule has 28 heavy (non-hydrogen) atoms. The van der Waals surface area contributed by atoms with Crippen LogP contribution in [0.25, 0.3) is 0 Å². The molecular weight excluding hydrogens is 378 g/mol. The molecular formula is C21H22ClN3O3. The minimum atomic E-state index is -1.31. The van der Waals surface area contributed by atoms with E-state index in [4.69, 9.17) is 11.6 Å². The Bertz CT molecular complexity index is 960. The number of halogens is 1. The lowest BCUT2D eigenvalue weighted by atomic mass is 9.92. The van der Waals surface area contributed by atoms with Gasteiger partial charge in [0.05, 0.1) is 0 Å². The summed E-state index contributed by atoms with van der Waals surface area (Å²) in [6, 6.07) is 12.0. The Morgan fingerprint density at radius 2 is 1.89 bits per heavy atom. The van der Waals surface area contributed by atoms with Crippen molar-refractivity contribution < 1.29 is 14.4 Å². The Morgan fingerprint density at radius 3 is 2.57 bits per heavy atom. The van der Waals surface area contributed by atoms with Crippen molar-refractivity contribution >= 4 is 35.1 Å². The van der Waals surface area contributed by atoms with Crippen molar-refractivity contribution in [2.45, 2.75) is 32.7 Å². The summed E-state index contributed by atoms with van der Waals surface area (Å²) in [5, 5.41) is 5.87. The second-order valence-corrected chi connectivity index (χ2v) is 7.34. The highest BCUT2D eigenvalue weighted by molar-refractivity contribution is 6.32. The number of anilines is 1. The zero-order valence-corrected chi connectivity index (χ0v) is 16.8. The van der Waals surface area contributed by atoms with E-state index < -0.39 is 23.4 Å². The van der Waals surface area contributed by atoms with Crippen molar-refractivity contribution in [1.29, 1.82) is 0 Å². The number of imide groups is 1. The molecule has 1 fully saturated rings. The fourth-order valence-corrected chi connectivity index (χ4v) is 3.74. The van der Waals surface area contributed by atoms with Crippen LogP contribution in [0.2, 0.25) is 5.02 Å². The van der Waals surface area contributed by atoms with Gasteiger partial charge in [0.25, 0.3) is 5.91 Å². The van der Waals surface area contributed by atoms with Crippen LogP contribution in [0.15, 0.2) is 42.5 Å². The number of benzene rings is 2. The largest absolute Gasteiger partial charge is 0.325 e. The molecule has 6 nitrogen and oxygen atoms in total. The third-order valence-electron chi connectivity index (χ3n) is 4.99. The standard InChI is InChI=1S/C21H22ClN3O3/c1-4-14-9-7-8-13(2)18(14)23-17(26)12-25-19(27)21(3,24-20(25)28)15-10-5-6-11-16(15)22/h5-11H,4,12H2,1-3H3,(H,23,26)(H,24,28)/t21-/m0/s1. The van der Waals surface area contributed by atoms with Gasteiger partial charge in [0.2, 0.25) is 5.91 Å². The van der Waals surface area contributed by atoms with E-state index in [0.29, 0.717) is 10.6 Å². The molecule has 4 amide bonds. The Hall–Kier alpha value is -2.86. The predicted octanol–water partition coefficient (Wildman–Crippen LogP) is 3.62. The summed E-state index contributed by atoms with van der Waals surface area (Å²) < 4.78 is 0. The van der Waals surface area contributed by atoms with Crippen molar-refractivity contribution in [2.24, 2.45) is 0 Å². The molecule has 0 aliphatic carbocycles. The van der Waals surface area contributed by atoms with Crippen LogP contribution in [0.4, 0.5) is 10.5 Å². The van der Waals surface area contributed by atoms with Crippen LogP contribution in [0.1, 0.15) is 30.5 Å². The first-order valence-electron chi connectivity index (χ1n) is 9.05. The summed E-state index contributed by atoms with van der Waals surface area (Å²) in [4.78, 5) is 38.9. The maximum absolute atomic E-state index is 13.0. The van der Waals surface area contributed by atoms with Gasteiger partial charge >= 0.3 is 6.03 Å². The molecule has 1 heterocycles. The van der Waals surface area contributed by atoms with E-state index in [1.807, 2.05) is 32.0 Å². The van der Waals surface area contributed by atoms with Gasteiger partial charge < -0.3 is 10.6 Å². The van der Waals surface area contributed by atoms with Crippen LogP contribution >= 0.6 is 11.6 Å². The molecule has 1 aliphatic heterocycles. The van der Waals surface area contributed by atoms with Gasteiger partial charge in [0, 0.05) is 16.3 Å². The number of carbonyl (C=O) groups is 3. The lowest BCUT2D eigenvalue weighted by molar-refractivity contribution is -0.133. The number of carbonyl (C=O) groups excluding carboxylic acids is 3. The van der Waals surface area contributed by atoms with Crippen LogP contribution in [-0.2, 0) is 21.5 Å². The smallest absolute Gasteiger partial charge is 0.324 e. The Kier molecular flexibility index (Phi) is 5.42. The van der Waals surface area contributed by atoms with E-state index in [-0.39, 0.29) is 6.54 Å². The first-order chi connectivity index (χ1) is 13.3. The Balaban J connectivity index is 1.80. The Morgan fingerprint density at radius 1 is 1.18 bits per heavy atom. The summed E-state index contributed by atoms with van der Waals surface area (Å²) in [5.74, 6) is -0.947. The van der Waals surface area contributed by atoms with E-state index in [0.717, 1.165) is 28.1 Å². The van der Waals surface area contributed by atoms with E-state index in [1.54, 1.807) is 31.2 Å². The molecule has 1 aliphatic rings. The number of rotatable bonds is 5. The number of nitrogens with zero attached hydrogens (tertiary/aromatic N) is 1. The molecule has 7 heteroatoms. The van der Waals surface area contributed by atoms with Crippen molar-refractivity contribution in [3.63, 3.8) is 0 Å². The molecule has 2 aromatic rings. The highest BCUT2D eigenvalue weighted by atomic mass is 35.5. The summed E-state index contributed by atoms with van der Waals surface area (Å²) in [6.07, 6.45) is 0.755. The zero-order chi connectivity index (χ0) is 20.5.